The number of pyridine rings is 2. The fraction of sp³-hybridized carbons (Fsp3) is 0.472. The van der Waals surface area contributed by atoms with Crippen LogP contribution in [0, 0.1) is 19.7 Å². The van der Waals surface area contributed by atoms with Gasteiger partial charge in [-0.2, -0.15) is 12.6 Å². The van der Waals surface area contributed by atoms with Crippen LogP contribution in [0.3, 0.4) is 0 Å². The van der Waals surface area contributed by atoms with Gasteiger partial charge >= 0.3 is 5.97 Å². The Morgan fingerprint density at radius 1 is 0.787 bits per heavy atom. The highest BCUT2D eigenvalue weighted by Gasteiger charge is 2.37. The Morgan fingerprint density at radius 2 is 1.37 bits per heavy atom. The second-order valence-electron chi connectivity index (χ2n) is 17.2. The minimum atomic E-state index is -1.48. The number of aliphatic hydroxyl groups is 1. The van der Waals surface area contributed by atoms with Crippen LogP contribution in [0.4, 0.5) is 4.39 Å². The second-order valence-corrected chi connectivity index (χ2v) is 17.8. The molecule has 2 aromatic heterocycles. The lowest BCUT2D eigenvalue weighted by Crippen LogP contribution is -2.45. The Balaban J connectivity index is 0.000000272. The van der Waals surface area contributed by atoms with Gasteiger partial charge in [-0.1, -0.05) is 70.0 Å². The molecular weight excluding hydrogens is 992 g/mol. The number of halogens is 1. The van der Waals surface area contributed by atoms with E-state index in [1.807, 2.05) is 45.9 Å². The highest BCUT2D eigenvalue weighted by molar-refractivity contribution is 7.81. The summed E-state index contributed by atoms with van der Waals surface area (Å²) in [6.45, 7) is 11.1. The van der Waals surface area contributed by atoms with Crippen molar-refractivity contribution in [1.29, 1.82) is 0 Å². The molecule has 0 bridgehead atoms. The Hall–Kier alpha value is -7.04. The first-order valence-electron chi connectivity index (χ1n) is 25.1. The van der Waals surface area contributed by atoms with E-state index in [0.717, 1.165) is 41.3 Å². The van der Waals surface area contributed by atoms with Crippen LogP contribution < -0.4 is 32.1 Å². The zero-order chi connectivity index (χ0) is 55.4. The number of hydrogen-bond donors (Lipinski definition) is 7. The van der Waals surface area contributed by atoms with Gasteiger partial charge in [-0.15, -0.1) is 0 Å². The number of methoxy groups -OCH3 is 1. The van der Waals surface area contributed by atoms with Crippen molar-refractivity contribution in [3.05, 3.63) is 97.6 Å². The van der Waals surface area contributed by atoms with Crippen molar-refractivity contribution in [2.24, 2.45) is 0 Å². The van der Waals surface area contributed by atoms with Crippen LogP contribution in [0.5, 0.6) is 0 Å². The molecule has 2 atom stereocenters. The molecular formula is C53H69FN8O12S. The van der Waals surface area contributed by atoms with Crippen molar-refractivity contribution in [2.45, 2.75) is 117 Å². The molecule has 6 N–H and O–H groups in total. The van der Waals surface area contributed by atoms with Gasteiger partial charge in [0.2, 0.25) is 41.4 Å². The highest BCUT2D eigenvalue weighted by atomic mass is 32.1. The Kier molecular flexibility index (Phi) is 24.0. The number of unbranched alkanes of at least 4 members (excludes halogenated alkanes) is 2. The van der Waals surface area contributed by atoms with Crippen LogP contribution in [0.15, 0.2) is 47.3 Å². The number of nitrogens with zero attached hydrogens (tertiary/aromatic N) is 3. The third-order valence-corrected chi connectivity index (χ3v) is 12.6. The number of nitrogens with one attached hydrogen (secondary N) is 5. The lowest BCUT2D eigenvalue weighted by atomic mass is 9.85. The number of rotatable bonds is 16. The predicted octanol–water partition coefficient (Wildman–Crippen LogP) is 3.29. The van der Waals surface area contributed by atoms with Gasteiger partial charge < -0.3 is 45.7 Å². The van der Waals surface area contributed by atoms with Crippen LogP contribution in [0.2, 0.25) is 0 Å². The van der Waals surface area contributed by atoms with Gasteiger partial charge in [0.05, 0.1) is 60.4 Å². The molecule has 1 saturated heterocycles. The number of thiol groups is 1. The van der Waals surface area contributed by atoms with E-state index in [-0.39, 0.29) is 80.5 Å². The molecule has 5 heterocycles. The minimum Gasteiger partial charge on any atom is -0.458 e. The number of aliphatic hydroxyl groups excluding tert-OH is 1. The van der Waals surface area contributed by atoms with Crippen LogP contribution in [0.1, 0.15) is 111 Å². The summed E-state index contributed by atoms with van der Waals surface area (Å²) >= 11 is 4.05. The lowest BCUT2D eigenvalue weighted by Gasteiger charge is -2.22. The number of esters is 1. The fourth-order valence-electron chi connectivity index (χ4n) is 8.44. The van der Waals surface area contributed by atoms with Gasteiger partial charge in [-0.25, -0.2) is 14.2 Å². The summed E-state index contributed by atoms with van der Waals surface area (Å²) < 4.78 is 25.7. The quantitative estimate of drug-likeness (QED) is 0.0246. The summed E-state index contributed by atoms with van der Waals surface area (Å²) in [5, 5.41) is 22.3. The van der Waals surface area contributed by atoms with E-state index in [4.69, 9.17) is 9.72 Å². The first-order valence-corrected chi connectivity index (χ1v) is 25.6. The molecule has 4 aromatic rings. The number of amides is 7. The highest BCUT2D eigenvalue weighted by Crippen LogP contribution is 2.42. The maximum atomic E-state index is 14.5. The maximum Gasteiger partial charge on any atom is 0.340 e. The standard InChI is InChI=1S/C22H17FN2O4.C20H32N6O8S.C7H8.2C2H6/c1-9-10-3-2-4-11-13-7-25-17(19(13)24-16(18(10)11)6-15(9)23)5-12-14(21(25)27)8-29-22(28)20(12)26;1-34-12-25-18(31)11-24-17(30)10-23-16(29)9-22-15(28)8-21-14(27)5-3-2-4-6-26-19(32)7-13(35)20(26)33;1-7-5-3-2-4-6-7;2*1-2/h5-6,20,26H,2-4,7-8H2,1H3;13,35H,2-12H2,1H3,(H,21,27)(H,22,28)(H,23,29)(H,24,30)(H,25,31);2-6H,1H3;2*1-2H3. The van der Waals surface area contributed by atoms with Crippen LogP contribution in [-0.2, 0) is 73.8 Å². The van der Waals surface area contributed by atoms with Crippen LogP contribution >= 0.6 is 12.6 Å². The molecule has 20 nitrogen and oxygen atoms in total. The normalized spacial score (nSPS) is 15.3. The molecule has 1 fully saturated rings. The van der Waals surface area contributed by atoms with Gasteiger partial charge in [-0.05, 0) is 68.7 Å². The molecule has 75 heavy (non-hydrogen) atoms. The Bertz CT molecular complexity index is 2790. The summed E-state index contributed by atoms with van der Waals surface area (Å²) in [6.07, 6.45) is 3.11. The predicted molar refractivity (Wildman–Crippen MR) is 281 cm³/mol. The minimum absolute atomic E-state index is 0.00803. The molecule has 7 amide bonds. The van der Waals surface area contributed by atoms with Gasteiger partial charge in [0.1, 0.15) is 19.2 Å². The van der Waals surface area contributed by atoms with Crippen molar-refractivity contribution >= 4 is 70.9 Å². The molecule has 1 aliphatic carbocycles. The molecule has 0 saturated carbocycles. The largest absolute Gasteiger partial charge is 0.458 e. The first kappa shape index (κ1) is 60.5. The van der Waals surface area contributed by atoms with Gasteiger partial charge in [-0.3, -0.25) is 43.3 Å². The van der Waals surface area contributed by atoms with E-state index in [1.165, 1.54) is 23.6 Å². The van der Waals surface area contributed by atoms with Crippen molar-refractivity contribution in [1.82, 2.24) is 41.0 Å². The average molecular weight is 1060 g/mol. The molecule has 2 unspecified atom stereocenters. The number of benzene rings is 2. The second kappa shape index (κ2) is 29.7. The summed E-state index contributed by atoms with van der Waals surface area (Å²) in [4.78, 5) is 112. The molecule has 0 radical (unpaired) electrons. The zero-order valence-corrected chi connectivity index (χ0v) is 44.5. The first-order chi connectivity index (χ1) is 36.0. The van der Waals surface area contributed by atoms with Crippen molar-refractivity contribution in [3.8, 4) is 11.4 Å². The Morgan fingerprint density at radius 3 is 1.93 bits per heavy atom. The molecule has 0 spiro atoms. The molecule has 406 valence electrons. The number of carbonyl (C=O) groups excluding carboxylic acids is 8. The van der Waals surface area contributed by atoms with Gasteiger partial charge in [0.15, 0.2) is 6.10 Å². The number of aryl methyl sites for hydroxylation is 3. The van der Waals surface area contributed by atoms with Gasteiger partial charge in [0.25, 0.3) is 5.56 Å². The van der Waals surface area contributed by atoms with Crippen LogP contribution in [-0.4, -0.2) is 119 Å². The molecule has 4 aliphatic rings. The topological polar surface area (TPSA) is 274 Å². The van der Waals surface area contributed by atoms with E-state index in [2.05, 4.69) is 63.0 Å². The van der Waals surface area contributed by atoms with E-state index in [0.29, 0.717) is 60.4 Å². The molecule has 8 rings (SSSR count). The van der Waals surface area contributed by atoms with Crippen molar-refractivity contribution < 1.29 is 57.3 Å². The summed E-state index contributed by atoms with van der Waals surface area (Å²) in [7, 11) is 1.40. The number of carbonyl (C=O) groups is 8. The third-order valence-electron chi connectivity index (χ3n) is 12.2. The van der Waals surface area contributed by atoms with Gasteiger partial charge in [0, 0.05) is 49.1 Å². The number of imide groups is 1. The summed E-state index contributed by atoms with van der Waals surface area (Å²) in [5.41, 5.74) is 7.18. The third kappa shape index (κ3) is 16.2. The SMILES string of the molecule is CC.CC.COCNC(=O)CNC(=O)CNC(=O)CNC(=O)CNC(=O)CCCCCN1C(=O)CC(S)C1=O.Cc1c(F)cc2nc3c(c4c2c1CCC4)Cn1c-3cc2c(c1=O)COC(=O)C2O.Cc1ccccc1. The molecule has 2 aromatic carbocycles. The van der Waals surface area contributed by atoms with E-state index in [1.54, 1.807) is 17.6 Å². The maximum absolute atomic E-state index is 14.5. The van der Waals surface area contributed by atoms with Crippen molar-refractivity contribution in [3.63, 3.8) is 0 Å². The fourth-order valence-corrected chi connectivity index (χ4v) is 8.73. The summed E-state index contributed by atoms with van der Waals surface area (Å²) in [5.74, 6) is -4.16. The van der Waals surface area contributed by atoms with Crippen LogP contribution in [0.25, 0.3) is 22.3 Å². The zero-order valence-electron chi connectivity index (χ0n) is 43.6. The van der Waals surface area contributed by atoms with E-state index in [9.17, 15) is 52.6 Å². The number of fused-ring (bicyclic) bond motifs is 5. The number of ether oxygens (including phenoxy) is 2. The van der Waals surface area contributed by atoms with Crippen molar-refractivity contribution in [2.75, 3.05) is 46.6 Å². The number of likely N-dealkylation sites (tertiary alicyclic amines) is 1. The molecule has 22 heteroatoms. The number of aromatic nitrogens is 2. The number of cyclic esters (lactones) is 1. The molecule has 3 aliphatic heterocycles. The smallest absolute Gasteiger partial charge is 0.340 e. The lowest BCUT2D eigenvalue weighted by molar-refractivity contribution is -0.157. The average Bonchev–Trinajstić information content (AvgIpc) is 3.91. The number of hydrogen-bond acceptors (Lipinski definition) is 14. The Labute approximate surface area is 440 Å². The van der Waals surface area contributed by atoms with E-state index >= 15 is 0 Å². The van der Waals surface area contributed by atoms with E-state index < -0.39 is 47.5 Å². The summed E-state index contributed by atoms with van der Waals surface area (Å²) in [6, 6.07) is 13.4. The monoisotopic (exact) mass is 1060 g/mol.